The lowest BCUT2D eigenvalue weighted by Gasteiger charge is -2.19. The number of pyridine rings is 1. The van der Waals surface area contributed by atoms with Gasteiger partial charge in [0.1, 0.15) is 15.7 Å². The number of nitrogens with zero attached hydrogens (tertiary/aromatic N) is 2. The number of nitrogens with one attached hydrogen (secondary N) is 1. The summed E-state index contributed by atoms with van der Waals surface area (Å²) in [6.45, 7) is 3.82. The number of methoxy groups -OCH3 is 1. The highest BCUT2D eigenvalue weighted by atomic mass is 32.2. The van der Waals surface area contributed by atoms with Gasteiger partial charge in [0.05, 0.1) is 42.2 Å². The molecule has 0 saturated carbocycles. The van der Waals surface area contributed by atoms with Gasteiger partial charge in [-0.2, -0.15) is 0 Å². The quantitative estimate of drug-likeness (QED) is 0.395. The van der Waals surface area contributed by atoms with Gasteiger partial charge in [-0.1, -0.05) is 18.2 Å². The van der Waals surface area contributed by atoms with Gasteiger partial charge in [0.25, 0.3) is 5.88 Å². The van der Waals surface area contributed by atoms with Crippen molar-refractivity contribution < 1.29 is 22.3 Å². The van der Waals surface area contributed by atoms with Crippen molar-refractivity contribution in [3.8, 4) is 22.8 Å². The number of benzene rings is 2. The highest BCUT2D eigenvalue weighted by molar-refractivity contribution is 7.90. The van der Waals surface area contributed by atoms with Crippen LogP contribution in [0.5, 0.6) is 11.6 Å². The fourth-order valence-electron chi connectivity index (χ4n) is 4.13. The van der Waals surface area contributed by atoms with Crippen LogP contribution >= 0.6 is 0 Å². The Kier molecular flexibility index (Phi) is 6.66. The zero-order valence-corrected chi connectivity index (χ0v) is 20.6. The van der Waals surface area contributed by atoms with E-state index < -0.39 is 21.6 Å². The lowest BCUT2D eigenvalue weighted by Crippen LogP contribution is -2.29. The molecule has 0 radical (unpaired) electrons. The summed E-state index contributed by atoms with van der Waals surface area (Å²) in [5.41, 5.74) is 2.76. The van der Waals surface area contributed by atoms with Gasteiger partial charge in [0.15, 0.2) is 5.75 Å². The molecule has 0 saturated heterocycles. The van der Waals surface area contributed by atoms with Gasteiger partial charge < -0.3 is 14.5 Å². The third-order valence-electron chi connectivity index (χ3n) is 5.76. The molecule has 4 aromatic rings. The van der Waals surface area contributed by atoms with Crippen LogP contribution in [0, 0.1) is 12.7 Å². The van der Waals surface area contributed by atoms with Crippen LogP contribution in [-0.2, 0) is 9.84 Å². The molecule has 8 nitrogen and oxygen atoms in total. The van der Waals surface area contributed by atoms with Crippen molar-refractivity contribution in [3.63, 3.8) is 0 Å². The molecule has 0 aliphatic carbocycles. The fourth-order valence-corrected chi connectivity index (χ4v) is 5.02. The zero-order valence-electron chi connectivity index (χ0n) is 19.8. The van der Waals surface area contributed by atoms with Crippen molar-refractivity contribution >= 4 is 20.9 Å². The number of halogens is 1. The summed E-state index contributed by atoms with van der Waals surface area (Å²) in [7, 11) is -2.03. The molecule has 0 aliphatic rings. The average Bonchev–Trinajstić information content (AvgIpc) is 3.13. The normalized spacial score (nSPS) is 12.6. The molecule has 4 rings (SSSR count). The molecule has 1 N–H and O–H groups in total. The van der Waals surface area contributed by atoms with Crippen LogP contribution < -0.4 is 15.2 Å². The van der Waals surface area contributed by atoms with Crippen LogP contribution in [0.25, 0.3) is 22.2 Å². The number of imidazole rings is 1. The number of sulfone groups is 1. The molecule has 35 heavy (non-hydrogen) atoms. The SMILES string of the molecule is CCOc1nc([C@@H](CS(C)(=O)=O)n2c(=O)[nH]c3cc(-c4cccc(F)c4C)ccc32)ccc1OC. The summed E-state index contributed by atoms with van der Waals surface area (Å²) in [5.74, 6) is -0.0643. The summed E-state index contributed by atoms with van der Waals surface area (Å²) in [4.78, 5) is 20.4. The zero-order chi connectivity index (χ0) is 25.3. The molecule has 1 atom stereocenters. The molecule has 2 aromatic carbocycles. The Bertz CT molecular complexity index is 1560. The Balaban J connectivity index is 1.89. The molecule has 0 spiro atoms. The molecule has 0 aliphatic heterocycles. The molecule has 2 aromatic heterocycles. The third kappa shape index (κ3) is 4.93. The first-order valence-electron chi connectivity index (χ1n) is 11.0. The molecule has 184 valence electrons. The predicted octanol–water partition coefficient (Wildman–Crippen LogP) is 3.88. The average molecular weight is 500 g/mol. The van der Waals surface area contributed by atoms with Crippen molar-refractivity contribution in [2.45, 2.75) is 19.9 Å². The number of hydrogen-bond donors (Lipinski definition) is 1. The van der Waals surface area contributed by atoms with E-state index in [0.717, 1.165) is 11.8 Å². The monoisotopic (exact) mass is 499 g/mol. The fraction of sp³-hybridized carbons (Fsp3) is 0.280. The number of ether oxygens (including phenoxy) is 2. The maximum atomic E-state index is 14.1. The molecule has 2 heterocycles. The minimum Gasteiger partial charge on any atom is -0.491 e. The van der Waals surface area contributed by atoms with Crippen LogP contribution in [0.15, 0.2) is 53.3 Å². The van der Waals surface area contributed by atoms with Gasteiger partial charge >= 0.3 is 5.69 Å². The van der Waals surface area contributed by atoms with E-state index in [1.807, 2.05) is 0 Å². The van der Waals surface area contributed by atoms with E-state index in [4.69, 9.17) is 9.47 Å². The van der Waals surface area contributed by atoms with Crippen molar-refractivity contribution in [1.82, 2.24) is 14.5 Å². The first-order valence-corrected chi connectivity index (χ1v) is 13.0. The molecular formula is C25H26FN3O5S. The summed E-state index contributed by atoms with van der Waals surface area (Å²) in [6, 6.07) is 12.4. The second kappa shape index (κ2) is 9.53. The summed E-state index contributed by atoms with van der Waals surface area (Å²) >= 11 is 0. The Labute approximate surface area is 202 Å². The van der Waals surface area contributed by atoms with Gasteiger partial charge in [-0.25, -0.2) is 22.6 Å². The second-order valence-corrected chi connectivity index (χ2v) is 10.4. The number of aromatic amines is 1. The third-order valence-corrected chi connectivity index (χ3v) is 6.68. The topological polar surface area (TPSA) is 103 Å². The van der Waals surface area contributed by atoms with Crippen LogP contribution in [0.2, 0.25) is 0 Å². The van der Waals surface area contributed by atoms with Crippen LogP contribution in [0.4, 0.5) is 4.39 Å². The number of fused-ring (bicyclic) bond motifs is 1. The Hall–Kier alpha value is -3.66. The van der Waals surface area contributed by atoms with Gasteiger partial charge in [0.2, 0.25) is 0 Å². The van der Waals surface area contributed by atoms with Crippen molar-refractivity contribution in [2.24, 2.45) is 0 Å². The summed E-state index contributed by atoms with van der Waals surface area (Å²) in [5, 5.41) is 0. The number of hydrogen-bond acceptors (Lipinski definition) is 6. The standard InChI is InChI=1S/C25H26FN3O5S/c1-5-34-24-23(33-3)12-10-19(27-24)22(14-35(4,31)32)29-21-11-9-16(13-20(21)28-25(29)30)17-7-6-8-18(26)15(17)2/h6-13,22H,5,14H2,1-4H3,(H,28,30)/t22-/m1/s1. The highest BCUT2D eigenvalue weighted by Crippen LogP contribution is 2.31. The van der Waals surface area contributed by atoms with E-state index in [1.165, 1.54) is 17.7 Å². The number of aromatic nitrogens is 3. The van der Waals surface area contributed by atoms with Gasteiger partial charge in [0, 0.05) is 6.26 Å². The second-order valence-electron chi connectivity index (χ2n) is 8.23. The van der Waals surface area contributed by atoms with Crippen molar-refractivity contribution in [2.75, 3.05) is 25.7 Å². The highest BCUT2D eigenvalue weighted by Gasteiger charge is 2.26. The predicted molar refractivity (Wildman–Crippen MR) is 132 cm³/mol. The summed E-state index contributed by atoms with van der Waals surface area (Å²) in [6.07, 6.45) is 1.11. The van der Waals surface area contributed by atoms with Crippen LogP contribution in [0.1, 0.15) is 24.2 Å². The van der Waals surface area contributed by atoms with Crippen LogP contribution in [-0.4, -0.2) is 48.7 Å². The van der Waals surface area contributed by atoms with E-state index in [-0.39, 0.29) is 17.5 Å². The van der Waals surface area contributed by atoms with E-state index in [1.54, 1.807) is 56.3 Å². The first-order chi connectivity index (χ1) is 16.6. The van der Waals surface area contributed by atoms with Crippen LogP contribution in [0.3, 0.4) is 0 Å². The lowest BCUT2D eigenvalue weighted by molar-refractivity contribution is 0.296. The summed E-state index contributed by atoms with van der Waals surface area (Å²) < 4.78 is 51.0. The van der Waals surface area contributed by atoms with Crippen molar-refractivity contribution in [1.29, 1.82) is 0 Å². The Morgan fingerprint density at radius 1 is 1.17 bits per heavy atom. The minimum atomic E-state index is -3.51. The molecule has 0 bridgehead atoms. The smallest absolute Gasteiger partial charge is 0.327 e. The maximum Gasteiger partial charge on any atom is 0.327 e. The molecule has 0 amide bonds. The molecule has 0 fully saturated rings. The minimum absolute atomic E-state index is 0.211. The first kappa shape index (κ1) is 24.5. The molecule has 0 unspecified atom stereocenters. The number of H-pyrrole nitrogens is 1. The molecule has 10 heteroatoms. The number of rotatable bonds is 8. The lowest BCUT2D eigenvalue weighted by atomic mass is 10.00. The van der Waals surface area contributed by atoms with E-state index in [2.05, 4.69) is 9.97 Å². The van der Waals surface area contributed by atoms with E-state index >= 15 is 0 Å². The molecular weight excluding hydrogens is 473 g/mol. The Morgan fingerprint density at radius 2 is 1.94 bits per heavy atom. The van der Waals surface area contributed by atoms with E-state index in [9.17, 15) is 17.6 Å². The van der Waals surface area contributed by atoms with Gasteiger partial charge in [-0.3, -0.25) is 4.57 Å². The largest absolute Gasteiger partial charge is 0.491 e. The van der Waals surface area contributed by atoms with E-state index in [0.29, 0.717) is 40.2 Å². The van der Waals surface area contributed by atoms with Gasteiger partial charge in [-0.15, -0.1) is 0 Å². The van der Waals surface area contributed by atoms with Crippen molar-refractivity contribution in [3.05, 3.63) is 76.1 Å². The maximum absolute atomic E-state index is 14.1. The van der Waals surface area contributed by atoms with Gasteiger partial charge in [-0.05, 0) is 60.9 Å². The Morgan fingerprint density at radius 3 is 2.63 bits per heavy atom.